The van der Waals surface area contributed by atoms with Crippen LogP contribution in [0.1, 0.15) is 13.3 Å². The molecule has 0 saturated carbocycles. The Labute approximate surface area is 74.1 Å². The SMILES string of the molecule is C[C@@]1([C@H](N)C(=O)O)CC(Cl)=NO1. The second-order valence-electron chi connectivity index (χ2n) is 2.86. The Hall–Kier alpha value is -0.810. The van der Waals surface area contributed by atoms with E-state index in [1.165, 1.54) is 0 Å². The molecule has 0 fully saturated rings. The molecule has 0 aromatic heterocycles. The summed E-state index contributed by atoms with van der Waals surface area (Å²) in [5.41, 5.74) is 4.35. The first-order valence-electron chi connectivity index (χ1n) is 3.34. The highest BCUT2D eigenvalue weighted by atomic mass is 35.5. The topological polar surface area (TPSA) is 84.9 Å². The summed E-state index contributed by atoms with van der Waals surface area (Å²) in [5, 5.41) is 12.3. The maximum absolute atomic E-state index is 10.5. The van der Waals surface area contributed by atoms with Crippen LogP contribution in [-0.4, -0.2) is 27.9 Å². The predicted octanol–water partition coefficient (Wildman–Crippen LogP) is 0.130. The van der Waals surface area contributed by atoms with Crippen molar-refractivity contribution in [2.45, 2.75) is 25.0 Å². The lowest BCUT2D eigenvalue weighted by Gasteiger charge is -2.24. The number of hydrogen-bond donors (Lipinski definition) is 2. The number of halogens is 1. The highest BCUT2D eigenvalue weighted by molar-refractivity contribution is 6.65. The van der Waals surface area contributed by atoms with E-state index in [1.807, 2.05) is 0 Å². The summed E-state index contributed by atoms with van der Waals surface area (Å²) in [6, 6.07) is -1.11. The molecule has 0 spiro atoms. The van der Waals surface area contributed by atoms with Gasteiger partial charge in [0.2, 0.25) is 0 Å². The van der Waals surface area contributed by atoms with Crippen LogP contribution < -0.4 is 5.73 Å². The Morgan fingerprint density at radius 3 is 2.92 bits per heavy atom. The minimum Gasteiger partial charge on any atom is -0.480 e. The lowest BCUT2D eigenvalue weighted by molar-refractivity contribution is -0.146. The van der Waals surface area contributed by atoms with Gasteiger partial charge in [-0.15, -0.1) is 0 Å². The molecule has 0 radical (unpaired) electrons. The Balaban J connectivity index is 2.70. The van der Waals surface area contributed by atoms with Gasteiger partial charge in [-0.05, 0) is 6.92 Å². The van der Waals surface area contributed by atoms with E-state index < -0.39 is 17.6 Å². The zero-order valence-electron chi connectivity index (χ0n) is 6.45. The van der Waals surface area contributed by atoms with Crippen molar-refractivity contribution in [1.29, 1.82) is 0 Å². The molecule has 1 heterocycles. The number of carboxylic acid groups (broad SMARTS) is 1. The smallest absolute Gasteiger partial charge is 0.324 e. The number of aliphatic carboxylic acids is 1. The van der Waals surface area contributed by atoms with Crippen LogP contribution in [0.4, 0.5) is 0 Å². The van der Waals surface area contributed by atoms with Gasteiger partial charge in [-0.25, -0.2) is 0 Å². The van der Waals surface area contributed by atoms with Crippen LogP contribution >= 0.6 is 11.6 Å². The second kappa shape index (κ2) is 2.91. The van der Waals surface area contributed by atoms with Crippen LogP contribution in [0.25, 0.3) is 0 Å². The van der Waals surface area contributed by atoms with Crippen LogP contribution in [0.3, 0.4) is 0 Å². The van der Waals surface area contributed by atoms with Crippen LogP contribution in [0.15, 0.2) is 5.16 Å². The van der Waals surface area contributed by atoms with E-state index in [1.54, 1.807) is 6.92 Å². The van der Waals surface area contributed by atoms with E-state index >= 15 is 0 Å². The molecule has 0 unspecified atom stereocenters. The Morgan fingerprint density at radius 2 is 2.58 bits per heavy atom. The third-order valence-corrected chi connectivity index (χ3v) is 1.98. The zero-order chi connectivity index (χ0) is 9.35. The minimum absolute atomic E-state index is 0.238. The molecule has 2 atom stereocenters. The molecule has 1 aliphatic heterocycles. The van der Waals surface area contributed by atoms with Crippen molar-refractivity contribution in [1.82, 2.24) is 0 Å². The largest absolute Gasteiger partial charge is 0.480 e. The summed E-state index contributed by atoms with van der Waals surface area (Å²) in [5.74, 6) is -1.13. The van der Waals surface area contributed by atoms with Gasteiger partial charge in [0.1, 0.15) is 11.2 Å². The standard InChI is InChI=1S/C6H9ClN2O3/c1-6(4(8)5(10)11)2-3(7)9-12-6/h4H,2,8H2,1H3,(H,10,11)/t4-,6+/m1/s1. The van der Waals surface area contributed by atoms with Gasteiger partial charge in [-0.3, -0.25) is 4.79 Å². The van der Waals surface area contributed by atoms with Crippen molar-refractivity contribution in [2.75, 3.05) is 0 Å². The van der Waals surface area contributed by atoms with Crippen molar-refractivity contribution in [3.05, 3.63) is 0 Å². The van der Waals surface area contributed by atoms with Gasteiger partial charge in [-0.2, -0.15) is 0 Å². The third kappa shape index (κ3) is 1.51. The quantitative estimate of drug-likeness (QED) is 0.651. The summed E-state index contributed by atoms with van der Waals surface area (Å²) in [7, 11) is 0. The van der Waals surface area contributed by atoms with Crippen molar-refractivity contribution in [2.24, 2.45) is 10.9 Å². The minimum atomic E-state index is -1.13. The molecule has 0 aliphatic carbocycles. The number of oxime groups is 1. The number of carboxylic acids is 1. The highest BCUT2D eigenvalue weighted by Gasteiger charge is 2.43. The van der Waals surface area contributed by atoms with E-state index in [9.17, 15) is 4.79 Å². The van der Waals surface area contributed by atoms with E-state index in [-0.39, 0.29) is 11.6 Å². The summed E-state index contributed by atoms with van der Waals surface area (Å²) >= 11 is 5.52. The molecule has 0 amide bonds. The van der Waals surface area contributed by atoms with E-state index in [0.29, 0.717) is 0 Å². The lowest BCUT2D eigenvalue weighted by Crippen LogP contribution is -2.50. The van der Waals surface area contributed by atoms with Crippen LogP contribution in [-0.2, 0) is 9.63 Å². The normalized spacial score (nSPS) is 30.8. The summed E-state index contributed by atoms with van der Waals surface area (Å²) in [4.78, 5) is 15.3. The Morgan fingerprint density at radius 1 is 2.00 bits per heavy atom. The Kier molecular flexibility index (Phi) is 2.25. The first kappa shape index (κ1) is 9.28. The van der Waals surface area contributed by atoms with Gasteiger partial charge in [0, 0.05) is 6.42 Å². The molecule has 68 valence electrons. The average Bonchev–Trinajstić information content (AvgIpc) is 2.31. The molecule has 1 rings (SSSR count). The fourth-order valence-corrected chi connectivity index (χ4v) is 1.24. The van der Waals surface area contributed by atoms with Gasteiger partial charge < -0.3 is 15.7 Å². The lowest BCUT2D eigenvalue weighted by atomic mass is 9.94. The van der Waals surface area contributed by atoms with Gasteiger partial charge >= 0.3 is 5.97 Å². The van der Waals surface area contributed by atoms with Crippen LogP contribution in [0.5, 0.6) is 0 Å². The van der Waals surface area contributed by atoms with Crippen molar-refractivity contribution < 1.29 is 14.7 Å². The van der Waals surface area contributed by atoms with E-state index in [0.717, 1.165) is 0 Å². The third-order valence-electron chi connectivity index (χ3n) is 1.77. The van der Waals surface area contributed by atoms with Crippen molar-refractivity contribution in [3.63, 3.8) is 0 Å². The second-order valence-corrected chi connectivity index (χ2v) is 3.30. The molecule has 1 aliphatic rings. The van der Waals surface area contributed by atoms with E-state index in [4.69, 9.17) is 27.3 Å². The van der Waals surface area contributed by atoms with Gasteiger partial charge in [-0.1, -0.05) is 16.8 Å². The van der Waals surface area contributed by atoms with E-state index in [2.05, 4.69) is 5.16 Å². The molecule has 0 bridgehead atoms. The van der Waals surface area contributed by atoms with Crippen molar-refractivity contribution >= 4 is 22.7 Å². The molecule has 6 heteroatoms. The molecular weight excluding hydrogens is 184 g/mol. The summed E-state index contributed by atoms with van der Waals surface area (Å²) in [6.45, 7) is 1.56. The first-order valence-corrected chi connectivity index (χ1v) is 3.72. The van der Waals surface area contributed by atoms with Crippen molar-refractivity contribution in [3.8, 4) is 0 Å². The van der Waals surface area contributed by atoms with Crippen LogP contribution in [0, 0.1) is 0 Å². The maximum atomic E-state index is 10.5. The number of nitrogens with zero attached hydrogens (tertiary/aromatic N) is 1. The van der Waals surface area contributed by atoms with Gasteiger partial charge in [0.25, 0.3) is 0 Å². The Bertz CT molecular complexity index is 243. The molecular formula is C6H9ClN2O3. The number of carbonyl (C=O) groups is 1. The number of hydrogen-bond acceptors (Lipinski definition) is 4. The van der Waals surface area contributed by atoms with Crippen LogP contribution in [0.2, 0.25) is 0 Å². The zero-order valence-corrected chi connectivity index (χ0v) is 7.21. The van der Waals surface area contributed by atoms with Gasteiger partial charge in [0.05, 0.1) is 0 Å². The van der Waals surface area contributed by atoms with Gasteiger partial charge in [0.15, 0.2) is 5.60 Å². The highest BCUT2D eigenvalue weighted by Crippen LogP contribution is 2.27. The molecule has 0 saturated heterocycles. The fraction of sp³-hybridized carbons (Fsp3) is 0.667. The first-order chi connectivity index (χ1) is 5.46. The predicted molar refractivity (Wildman–Crippen MR) is 43.0 cm³/mol. The molecule has 3 N–H and O–H groups in total. The molecule has 0 aromatic rings. The summed E-state index contributed by atoms with van der Waals surface area (Å²) < 4.78 is 0. The fourth-order valence-electron chi connectivity index (χ4n) is 0.936. The maximum Gasteiger partial charge on any atom is 0.324 e. The molecule has 5 nitrogen and oxygen atoms in total. The molecule has 0 aromatic carbocycles. The monoisotopic (exact) mass is 192 g/mol. The number of nitrogens with two attached hydrogens (primary N) is 1. The number of rotatable bonds is 2. The summed E-state index contributed by atoms with van der Waals surface area (Å²) in [6.07, 6.45) is 0.238. The average molecular weight is 193 g/mol. The molecule has 12 heavy (non-hydrogen) atoms.